The molecule has 4 N–H and O–H groups in total. The average Bonchev–Trinajstić information content (AvgIpc) is 3.50. The number of esters is 2. The van der Waals surface area contributed by atoms with E-state index in [0.29, 0.717) is 6.42 Å². The van der Waals surface area contributed by atoms with Gasteiger partial charge in [0, 0.05) is 6.04 Å². The van der Waals surface area contributed by atoms with Crippen molar-refractivity contribution in [3.63, 3.8) is 0 Å². The lowest BCUT2D eigenvalue weighted by molar-refractivity contribution is -0.193. The maximum Gasteiger partial charge on any atom is 0.408 e. The van der Waals surface area contributed by atoms with Gasteiger partial charge in [-0.3, -0.25) is 14.4 Å². The summed E-state index contributed by atoms with van der Waals surface area (Å²) in [7, 11) is 0. The summed E-state index contributed by atoms with van der Waals surface area (Å²) in [6, 6.07) is -2.28. The zero-order chi connectivity index (χ0) is 27.2. The number of nitrogens with one attached hydrogen (secondary N) is 3. The molecule has 0 spiro atoms. The number of alkyl carbamates (subject to hydrolysis) is 1. The van der Waals surface area contributed by atoms with Crippen LogP contribution in [0.3, 0.4) is 0 Å². The average molecular weight is 514 g/mol. The fourth-order valence-corrected chi connectivity index (χ4v) is 3.89. The van der Waals surface area contributed by atoms with E-state index in [-0.39, 0.29) is 49.4 Å². The number of aliphatic hydroxyl groups is 1. The first-order valence-corrected chi connectivity index (χ1v) is 12.4. The first-order valence-electron chi connectivity index (χ1n) is 12.4. The van der Waals surface area contributed by atoms with Crippen LogP contribution < -0.4 is 16.0 Å². The highest BCUT2D eigenvalue weighted by molar-refractivity contribution is 5.94. The SMILES string of the molecule is CCC(C)C1C(=O)OC1C(=O)NC1CC1CC(NC(=O)C(C)NC(=O)OC(C)(C)C)C(=O)OCCO. The number of ether oxygens (including phenoxy) is 3. The summed E-state index contributed by atoms with van der Waals surface area (Å²) in [5, 5.41) is 16.8. The lowest BCUT2D eigenvalue weighted by atomic mass is 9.83. The maximum absolute atomic E-state index is 12.6. The van der Waals surface area contributed by atoms with Crippen molar-refractivity contribution in [3.8, 4) is 0 Å². The molecule has 12 heteroatoms. The molecule has 1 aliphatic heterocycles. The second-order valence-electron chi connectivity index (χ2n) is 10.4. The molecule has 0 aromatic rings. The van der Waals surface area contributed by atoms with E-state index in [9.17, 15) is 24.0 Å². The van der Waals surface area contributed by atoms with Gasteiger partial charge in [0.05, 0.1) is 6.61 Å². The molecule has 0 radical (unpaired) electrons. The van der Waals surface area contributed by atoms with Crippen LogP contribution in [0.15, 0.2) is 0 Å². The topological polar surface area (TPSA) is 169 Å². The van der Waals surface area contributed by atoms with Crippen molar-refractivity contribution in [2.45, 2.75) is 90.6 Å². The van der Waals surface area contributed by atoms with Gasteiger partial charge in [0.15, 0.2) is 6.10 Å². The molecule has 1 aliphatic carbocycles. The zero-order valence-corrected chi connectivity index (χ0v) is 21.8. The molecule has 2 fully saturated rings. The highest BCUT2D eigenvalue weighted by Gasteiger charge is 2.51. The normalized spacial score (nSPS) is 25.2. The Hall–Kier alpha value is -2.89. The van der Waals surface area contributed by atoms with Crippen LogP contribution in [-0.4, -0.2) is 78.0 Å². The fraction of sp³-hybridized carbons (Fsp3) is 0.792. The van der Waals surface area contributed by atoms with Crippen molar-refractivity contribution >= 4 is 29.8 Å². The fourth-order valence-electron chi connectivity index (χ4n) is 3.89. The molecule has 0 aromatic heterocycles. The van der Waals surface area contributed by atoms with Crippen LogP contribution in [0.25, 0.3) is 0 Å². The van der Waals surface area contributed by atoms with Crippen LogP contribution in [0.2, 0.25) is 0 Å². The first kappa shape index (κ1) is 29.3. The quantitative estimate of drug-likeness (QED) is 0.213. The minimum Gasteiger partial charge on any atom is -0.462 e. The Morgan fingerprint density at radius 1 is 1.17 bits per heavy atom. The molecule has 1 saturated carbocycles. The number of cyclic esters (lactones) is 1. The van der Waals surface area contributed by atoms with Crippen molar-refractivity contribution in [1.82, 2.24) is 16.0 Å². The largest absolute Gasteiger partial charge is 0.462 e. The molecule has 0 aromatic carbocycles. The lowest BCUT2D eigenvalue weighted by Crippen LogP contribution is -2.56. The Kier molecular flexibility index (Phi) is 10.1. The molecular formula is C24H39N3O9. The van der Waals surface area contributed by atoms with Gasteiger partial charge in [-0.25, -0.2) is 9.59 Å². The predicted octanol–water partition coefficient (Wildman–Crippen LogP) is 0.402. The molecule has 204 valence electrons. The summed E-state index contributed by atoms with van der Waals surface area (Å²) < 4.78 is 15.2. The minimum atomic E-state index is -1.05. The molecule has 1 saturated heterocycles. The number of hydrogen-bond donors (Lipinski definition) is 4. The summed E-state index contributed by atoms with van der Waals surface area (Å²) >= 11 is 0. The third kappa shape index (κ3) is 8.35. The van der Waals surface area contributed by atoms with Crippen LogP contribution in [0, 0.1) is 17.8 Å². The standard InChI is InChI=1S/C24H39N3O9/c1-7-12(2)17-18(35-22(17)32)20(30)26-15-10-14(15)11-16(21(31)34-9-8-28)27-19(29)13(3)25-23(33)36-24(4,5)6/h12-18,28H,7-11H2,1-6H3,(H,25,33)(H,26,30)(H,27,29). The molecule has 1 heterocycles. The van der Waals surface area contributed by atoms with E-state index in [4.69, 9.17) is 19.3 Å². The van der Waals surface area contributed by atoms with Gasteiger partial charge in [-0.15, -0.1) is 0 Å². The number of carbonyl (C=O) groups excluding carboxylic acids is 5. The molecular weight excluding hydrogens is 474 g/mol. The van der Waals surface area contributed by atoms with Crippen LogP contribution in [-0.2, 0) is 33.4 Å². The Morgan fingerprint density at radius 2 is 1.83 bits per heavy atom. The van der Waals surface area contributed by atoms with E-state index in [0.717, 1.165) is 6.42 Å². The third-order valence-corrected chi connectivity index (χ3v) is 6.21. The Morgan fingerprint density at radius 3 is 2.39 bits per heavy atom. The van der Waals surface area contributed by atoms with Gasteiger partial charge < -0.3 is 35.3 Å². The third-order valence-electron chi connectivity index (χ3n) is 6.21. The van der Waals surface area contributed by atoms with E-state index < -0.39 is 47.7 Å². The molecule has 3 amide bonds. The van der Waals surface area contributed by atoms with Gasteiger partial charge in [0.2, 0.25) is 5.91 Å². The molecule has 12 nitrogen and oxygen atoms in total. The summed E-state index contributed by atoms with van der Waals surface area (Å²) in [6.07, 6.45) is -0.0976. The number of hydrogen-bond acceptors (Lipinski definition) is 9. The second-order valence-corrected chi connectivity index (χ2v) is 10.4. The van der Waals surface area contributed by atoms with Gasteiger partial charge in [-0.2, -0.15) is 0 Å². The van der Waals surface area contributed by atoms with Gasteiger partial charge in [-0.1, -0.05) is 20.3 Å². The van der Waals surface area contributed by atoms with Gasteiger partial charge in [-0.05, 0) is 52.4 Å². The van der Waals surface area contributed by atoms with E-state index in [2.05, 4.69) is 16.0 Å². The summed E-state index contributed by atoms with van der Waals surface area (Å²) in [5.41, 5.74) is -0.741. The van der Waals surface area contributed by atoms with Crippen molar-refractivity contribution in [2.75, 3.05) is 13.2 Å². The highest BCUT2D eigenvalue weighted by Crippen LogP contribution is 2.37. The lowest BCUT2D eigenvalue weighted by Gasteiger charge is -2.37. The molecule has 0 bridgehead atoms. The van der Waals surface area contributed by atoms with Crippen molar-refractivity contribution < 1.29 is 43.3 Å². The number of aliphatic hydroxyl groups excluding tert-OH is 1. The zero-order valence-electron chi connectivity index (χ0n) is 21.8. The predicted molar refractivity (Wildman–Crippen MR) is 126 cm³/mol. The molecule has 7 atom stereocenters. The molecule has 2 rings (SSSR count). The Balaban J connectivity index is 1.92. The molecule has 7 unspecified atom stereocenters. The van der Waals surface area contributed by atoms with Gasteiger partial charge in [0.25, 0.3) is 5.91 Å². The van der Waals surface area contributed by atoms with Crippen molar-refractivity contribution in [3.05, 3.63) is 0 Å². The van der Waals surface area contributed by atoms with Crippen LogP contribution in [0.5, 0.6) is 0 Å². The van der Waals surface area contributed by atoms with E-state index in [1.54, 1.807) is 20.8 Å². The summed E-state index contributed by atoms with van der Waals surface area (Å²) in [4.78, 5) is 61.5. The Labute approximate surface area is 211 Å². The van der Waals surface area contributed by atoms with Crippen LogP contribution >= 0.6 is 0 Å². The van der Waals surface area contributed by atoms with E-state index in [1.165, 1.54) is 6.92 Å². The first-order chi connectivity index (χ1) is 16.8. The monoisotopic (exact) mass is 513 g/mol. The maximum atomic E-state index is 12.6. The van der Waals surface area contributed by atoms with Gasteiger partial charge in [0.1, 0.15) is 30.2 Å². The number of amides is 3. The Bertz CT molecular complexity index is 841. The van der Waals surface area contributed by atoms with E-state index >= 15 is 0 Å². The molecule has 2 aliphatic rings. The highest BCUT2D eigenvalue weighted by atomic mass is 16.6. The second kappa shape index (κ2) is 12.4. The number of rotatable bonds is 12. The van der Waals surface area contributed by atoms with Crippen LogP contribution in [0.1, 0.15) is 60.8 Å². The molecule has 36 heavy (non-hydrogen) atoms. The van der Waals surface area contributed by atoms with Gasteiger partial charge >= 0.3 is 18.0 Å². The number of carbonyl (C=O) groups is 5. The van der Waals surface area contributed by atoms with Crippen molar-refractivity contribution in [1.29, 1.82) is 0 Å². The van der Waals surface area contributed by atoms with Crippen molar-refractivity contribution in [2.24, 2.45) is 17.8 Å². The summed E-state index contributed by atoms with van der Waals surface area (Å²) in [6.45, 7) is 9.75. The van der Waals surface area contributed by atoms with Crippen LogP contribution in [0.4, 0.5) is 4.79 Å². The van der Waals surface area contributed by atoms with E-state index in [1.807, 2.05) is 13.8 Å². The smallest absolute Gasteiger partial charge is 0.408 e. The minimum absolute atomic E-state index is 0.0224. The summed E-state index contributed by atoms with van der Waals surface area (Å²) in [5.74, 6) is -2.66.